The Morgan fingerprint density at radius 3 is 2.63 bits per heavy atom. The number of carboxylic acids is 1. The van der Waals surface area contributed by atoms with Crippen molar-refractivity contribution in [3.63, 3.8) is 0 Å². The normalized spacial score (nSPS) is 12.3. The molecular weight excluding hydrogens is 240 g/mol. The van der Waals surface area contributed by atoms with Crippen LogP contribution in [0.4, 0.5) is 0 Å². The zero-order valence-corrected chi connectivity index (χ0v) is 11.0. The van der Waals surface area contributed by atoms with Gasteiger partial charge in [-0.3, -0.25) is 0 Å². The van der Waals surface area contributed by atoms with Crippen molar-refractivity contribution in [2.24, 2.45) is 0 Å². The number of rotatable bonds is 6. The van der Waals surface area contributed by atoms with Gasteiger partial charge in [0.15, 0.2) is 6.10 Å². The lowest BCUT2D eigenvalue weighted by molar-refractivity contribution is -0.145. The molecule has 1 N–H and O–H groups in total. The molecule has 0 saturated carbocycles. The van der Waals surface area contributed by atoms with Crippen molar-refractivity contribution in [1.82, 2.24) is 0 Å². The fourth-order valence-electron chi connectivity index (χ4n) is 2.03. The second-order valence-corrected chi connectivity index (χ2v) is 4.60. The molecule has 0 aliphatic heterocycles. The summed E-state index contributed by atoms with van der Waals surface area (Å²) in [6.07, 6.45) is 1.59. The molecule has 0 aliphatic carbocycles. The first-order valence-corrected chi connectivity index (χ1v) is 6.59. The average Bonchev–Trinajstić information content (AvgIpc) is 2.43. The summed E-state index contributed by atoms with van der Waals surface area (Å²) in [5.41, 5.74) is 0. The number of ether oxygens (including phenoxy) is 1. The summed E-state index contributed by atoms with van der Waals surface area (Å²) in [6, 6.07) is 13.6. The Morgan fingerprint density at radius 2 is 1.95 bits per heavy atom. The largest absolute Gasteiger partial charge is 0.479 e. The molecule has 1 unspecified atom stereocenters. The van der Waals surface area contributed by atoms with Gasteiger partial charge < -0.3 is 9.84 Å². The highest BCUT2D eigenvalue weighted by Gasteiger charge is 2.18. The molecule has 3 heteroatoms. The molecule has 0 heterocycles. The minimum atomic E-state index is -0.901. The summed E-state index contributed by atoms with van der Waals surface area (Å²) >= 11 is 0. The number of hydrogen-bond donors (Lipinski definition) is 1. The highest BCUT2D eigenvalue weighted by molar-refractivity contribution is 5.83. The minimum absolute atomic E-state index is 0.540. The average molecular weight is 258 g/mol. The van der Waals surface area contributed by atoms with Crippen LogP contribution >= 0.6 is 0 Å². The van der Waals surface area contributed by atoms with E-state index < -0.39 is 12.1 Å². The molecule has 0 amide bonds. The van der Waals surface area contributed by atoms with Gasteiger partial charge in [-0.05, 0) is 35.7 Å². The first-order chi connectivity index (χ1) is 9.20. The van der Waals surface area contributed by atoms with E-state index in [1.807, 2.05) is 49.4 Å². The van der Waals surface area contributed by atoms with E-state index in [4.69, 9.17) is 9.84 Å². The van der Waals surface area contributed by atoms with Crippen molar-refractivity contribution in [2.75, 3.05) is 0 Å². The molecule has 2 aromatic rings. The molecule has 0 aliphatic rings. The van der Waals surface area contributed by atoms with E-state index in [9.17, 15) is 4.79 Å². The van der Waals surface area contributed by atoms with Crippen molar-refractivity contribution in [3.8, 4) is 5.75 Å². The van der Waals surface area contributed by atoms with Gasteiger partial charge in [-0.25, -0.2) is 4.79 Å². The van der Waals surface area contributed by atoms with Crippen LogP contribution in [0.3, 0.4) is 0 Å². The monoisotopic (exact) mass is 258 g/mol. The Kier molecular flexibility index (Phi) is 4.39. The molecule has 0 bridgehead atoms. The third-order valence-electron chi connectivity index (χ3n) is 3.09. The van der Waals surface area contributed by atoms with Gasteiger partial charge in [0, 0.05) is 0 Å². The minimum Gasteiger partial charge on any atom is -0.479 e. The third-order valence-corrected chi connectivity index (χ3v) is 3.09. The zero-order chi connectivity index (χ0) is 13.7. The van der Waals surface area contributed by atoms with Crippen LogP contribution in [-0.4, -0.2) is 17.2 Å². The van der Waals surface area contributed by atoms with Gasteiger partial charge in [0.05, 0.1) is 0 Å². The predicted octanol–water partition coefficient (Wildman–Crippen LogP) is 3.86. The summed E-state index contributed by atoms with van der Waals surface area (Å²) < 4.78 is 5.59. The van der Waals surface area contributed by atoms with Crippen LogP contribution in [0.2, 0.25) is 0 Å². The summed E-state index contributed by atoms with van der Waals surface area (Å²) in [4.78, 5) is 11.1. The van der Waals surface area contributed by atoms with Gasteiger partial charge in [-0.1, -0.05) is 43.7 Å². The van der Waals surface area contributed by atoms with Crippen LogP contribution in [0.15, 0.2) is 42.5 Å². The first kappa shape index (κ1) is 13.4. The Morgan fingerprint density at radius 1 is 1.21 bits per heavy atom. The zero-order valence-electron chi connectivity index (χ0n) is 11.0. The van der Waals surface area contributed by atoms with Crippen LogP contribution in [-0.2, 0) is 4.79 Å². The van der Waals surface area contributed by atoms with Crippen molar-refractivity contribution in [1.29, 1.82) is 0 Å². The van der Waals surface area contributed by atoms with E-state index in [2.05, 4.69) is 0 Å². The fraction of sp³-hybridized carbons (Fsp3) is 0.312. The lowest BCUT2D eigenvalue weighted by atomic mass is 10.1. The highest BCUT2D eigenvalue weighted by Crippen LogP contribution is 2.22. The fourth-order valence-corrected chi connectivity index (χ4v) is 2.03. The predicted molar refractivity (Wildman–Crippen MR) is 75.5 cm³/mol. The van der Waals surface area contributed by atoms with E-state index >= 15 is 0 Å². The first-order valence-electron chi connectivity index (χ1n) is 6.59. The van der Waals surface area contributed by atoms with Gasteiger partial charge in [0.2, 0.25) is 0 Å². The van der Waals surface area contributed by atoms with Crippen LogP contribution in [0.25, 0.3) is 10.8 Å². The molecule has 0 fully saturated rings. The number of carboxylic acid groups (broad SMARTS) is 1. The lowest BCUT2D eigenvalue weighted by Crippen LogP contribution is -2.26. The van der Waals surface area contributed by atoms with Crippen LogP contribution < -0.4 is 4.74 Å². The Hall–Kier alpha value is -2.03. The molecule has 19 heavy (non-hydrogen) atoms. The maximum absolute atomic E-state index is 11.1. The SMILES string of the molecule is CCCCC(Oc1ccc2ccccc2c1)C(=O)O. The van der Waals surface area contributed by atoms with Crippen LogP contribution in [0.1, 0.15) is 26.2 Å². The Bertz CT molecular complexity index is 563. The van der Waals surface area contributed by atoms with Crippen molar-refractivity contribution in [2.45, 2.75) is 32.3 Å². The van der Waals surface area contributed by atoms with E-state index in [-0.39, 0.29) is 0 Å². The summed E-state index contributed by atoms with van der Waals surface area (Å²) in [5.74, 6) is -0.288. The van der Waals surface area contributed by atoms with Crippen molar-refractivity contribution >= 4 is 16.7 Å². The molecule has 0 saturated heterocycles. The molecular formula is C16H18O3. The molecule has 0 aromatic heterocycles. The van der Waals surface area contributed by atoms with E-state index in [0.29, 0.717) is 12.2 Å². The molecule has 1 atom stereocenters. The van der Waals surface area contributed by atoms with E-state index in [0.717, 1.165) is 23.6 Å². The number of hydrogen-bond acceptors (Lipinski definition) is 2. The third kappa shape index (κ3) is 3.47. The van der Waals surface area contributed by atoms with E-state index in [1.165, 1.54) is 0 Å². The maximum Gasteiger partial charge on any atom is 0.344 e. The quantitative estimate of drug-likeness (QED) is 0.855. The van der Waals surface area contributed by atoms with Gasteiger partial charge in [-0.15, -0.1) is 0 Å². The topological polar surface area (TPSA) is 46.5 Å². The van der Waals surface area contributed by atoms with Crippen molar-refractivity contribution < 1.29 is 14.6 Å². The second kappa shape index (κ2) is 6.23. The number of benzene rings is 2. The number of carbonyl (C=O) groups is 1. The second-order valence-electron chi connectivity index (χ2n) is 4.60. The maximum atomic E-state index is 11.1. The standard InChI is InChI=1S/C16H18O3/c1-2-3-8-15(16(17)18)19-14-10-9-12-6-4-5-7-13(12)11-14/h4-7,9-11,15H,2-3,8H2,1H3,(H,17,18). The van der Waals surface area contributed by atoms with Gasteiger partial charge in [0.1, 0.15) is 5.75 Å². The summed E-state index contributed by atoms with van der Waals surface area (Å²) in [7, 11) is 0. The van der Waals surface area contributed by atoms with Gasteiger partial charge in [-0.2, -0.15) is 0 Å². The summed E-state index contributed by atoms with van der Waals surface area (Å²) in [5, 5.41) is 11.3. The number of unbranched alkanes of at least 4 members (excludes halogenated alkanes) is 1. The van der Waals surface area contributed by atoms with Crippen molar-refractivity contribution in [3.05, 3.63) is 42.5 Å². The lowest BCUT2D eigenvalue weighted by Gasteiger charge is -2.15. The number of aliphatic carboxylic acids is 1. The molecule has 2 aromatic carbocycles. The summed E-state index contributed by atoms with van der Waals surface area (Å²) in [6.45, 7) is 2.04. The molecule has 0 radical (unpaired) electrons. The Balaban J connectivity index is 2.16. The van der Waals surface area contributed by atoms with Gasteiger partial charge in [0.25, 0.3) is 0 Å². The molecule has 0 spiro atoms. The Labute approximate surface area is 112 Å². The molecule has 2 rings (SSSR count). The smallest absolute Gasteiger partial charge is 0.344 e. The molecule has 100 valence electrons. The highest BCUT2D eigenvalue weighted by atomic mass is 16.5. The molecule has 3 nitrogen and oxygen atoms in total. The van der Waals surface area contributed by atoms with Crippen LogP contribution in [0.5, 0.6) is 5.75 Å². The van der Waals surface area contributed by atoms with Gasteiger partial charge >= 0.3 is 5.97 Å². The number of fused-ring (bicyclic) bond motifs is 1. The van der Waals surface area contributed by atoms with E-state index in [1.54, 1.807) is 0 Å². The van der Waals surface area contributed by atoms with Crippen LogP contribution in [0, 0.1) is 0 Å².